The van der Waals surface area contributed by atoms with Crippen molar-refractivity contribution in [2.24, 2.45) is 5.73 Å². The van der Waals surface area contributed by atoms with Gasteiger partial charge in [-0.3, -0.25) is 0 Å². The first kappa shape index (κ1) is 17.2. The van der Waals surface area contributed by atoms with Crippen molar-refractivity contribution < 1.29 is 17.9 Å². The van der Waals surface area contributed by atoms with Crippen molar-refractivity contribution in [2.75, 3.05) is 0 Å². The quantitative estimate of drug-likeness (QED) is 0.588. The van der Waals surface area contributed by atoms with Crippen LogP contribution < -0.4 is 16.1 Å². The van der Waals surface area contributed by atoms with Crippen LogP contribution in [0.1, 0.15) is 17.0 Å². The largest absolute Gasteiger partial charge is 0.439 e. The lowest BCUT2D eigenvalue weighted by atomic mass is 9.83. The maximum Gasteiger partial charge on any atom is 0.344 e. The molecular weight excluding hydrogens is 422 g/mol. The number of rotatable bonds is 1. The molecule has 0 aliphatic carbocycles. The lowest BCUT2D eigenvalue weighted by Crippen LogP contribution is -2.27. The Morgan fingerprint density at radius 1 is 1.19 bits per heavy atom. The van der Waals surface area contributed by atoms with Crippen LogP contribution in [-0.4, -0.2) is 0 Å². The molecule has 8 heteroatoms. The van der Waals surface area contributed by atoms with Crippen molar-refractivity contribution in [2.45, 2.75) is 5.92 Å². The predicted octanol–water partition coefficient (Wildman–Crippen LogP) is 4.05. The maximum absolute atomic E-state index is 14.6. The Hall–Kier alpha value is -3.18. The minimum atomic E-state index is -1.14. The summed E-state index contributed by atoms with van der Waals surface area (Å²) >= 11 is 3.16. The molecule has 2 N–H and O–H groups in total. The van der Waals surface area contributed by atoms with Gasteiger partial charge in [-0.2, -0.15) is 5.26 Å². The summed E-state index contributed by atoms with van der Waals surface area (Å²) < 4.78 is 39.6. The normalized spacial score (nSPS) is 16.0. The number of halogens is 3. The number of nitrogens with zero attached hydrogens (tertiary/aromatic N) is 1. The third kappa shape index (κ3) is 2.67. The molecule has 1 atom stereocenters. The molecule has 3 aromatic rings. The third-order valence-corrected chi connectivity index (χ3v) is 4.80. The zero-order valence-corrected chi connectivity index (χ0v) is 15.0. The van der Waals surface area contributed by atoms with Crippen molar-refractivity contribution in [3.63, 3.8) is 0 Å². The molecule has 1 aliphatic rings. The molecule has 5 nitrogen and oxygen atoms in total. The van der Waals surface area contributed by atoms with Crippen molar-refractivity contribution in [1.29, 1.82) is 5.26 Å². The average molecular weight is 431 g/mol. The maximum atomic E-state index is 14.6. The Bertz CT molecular complexity index is 1240. The Kier molecular flexibility index (Phi) is 3.97. The standard InChI is InChI=1S/C19H9BrF2N2O3/c20-8-1-3-10(13(22)5-8)15-12(7-23)18(24)27-17-11-6-9(21)2-4-14(11)26-19(25)16(15)17/h1-6,15H,24H2. The molecule has 0 spiro atoms. The minimum Gasteiger partial charge on any atom is -0.439 e. The summed E-state index contributed by atoms with van der Waals surface area (Å²) in [5.41, 5.74) is 4.93. The van der Waals surface area contributed by atoms with Crippen LogP contribution in [0, 0.1) is 23.0 Å². The van der Waals surface area contributed by atoms with Crippen LogP contribution >= 0.6 is 15.9 Å². The first-order valence-corrected chi connectivity index (χ1v) is 8.48. The van der Waals surface area contributed by atoms with Gasteiger partial charge in [0.2, 0.25) is 5.88 Å². The highest BCUT2D eigenvalue weighted by Gasteiger charge is 2.37. The van der Waals surface area contributed by atoms with E-state index in [0.717, 1.165) is 12.1 Å². The Labute approximate surface area is 159 Å². The molecule has 1 unspecified atom stereocenters. The lowest BCUT2D eigenvalue weighted by Gasteiger charge is -2.26. The number of allylic oxidation sites excluding steroid dienone is 1. The molecule has 0 fully saturated rings. The highest BCUT2D eigenvalue weighted by Crippen LogP contribution is 2.44. The molecule has 0 saturated heterocycles. The van der Waals surface area contributed by atoms with Gasteiger partial charge in [0, 0.05) is 10.0 Å². The van der Waals surface area contributed by atoms with Gasteiger partial charge in [-0.05, 0) is 30.3 Å². The Morgan fingerprint density at radius 3 is 2.67 bits per heavy atom. The van der Waals surface area contributed by atoms with Crippen molar-refractivity contribution in [3.05, 3.63) is 85.5 Å². The van der Waals surface area contributed by atoms with Gasteiger partial charge in [0.15, 0.2) is 5.75 Å². The molecule has 134 valence electrons. The summed E-state index contributed by atoms with van der Waals surface area (Å²) in [6.07, 6.45) is 0. The SMILES string of the molecule is N#CC1=C(N)Oc2c(c(=O)oc3ccc(F)cc23)C1c1ccc(Br)cc1F. The topological polar surface area (TPSA) is 89.3 Å². The van der Waals surface area contributed by atoms with Crippen molar-refractivity contribution in [3.8, 4) is 11.8 Å². The van der Waals surface area contributed by atoms with Crippen LogP contribution in [0.2, 0.25) is 0 Å². The second-order valence-corrected chi connectivity index (χ2v) is 6.78. The number of ether oxygens (including phenoxy) is 1. The molecule has 2 aromatic carbocycles. The van der Waals surface area contributed by atoms with E-state index in [-0.39, 0.29) is 39.3 Å². The fourth-order valence-electron chi connectivity index (χ4n) is 3.14. The monoisotopic (exact) mass is 430 g/mol. The van der Waals surface area contributed by atoms with Crippen LogP contribution in [0.5, 0.6) is 5.75 Å². The number of hydrogen-bond acceptors (Lipinski definition) is 5. The highest BCUT2D eigenvalue weighted by molar-refractivity contribution is 9.10. The summed E-state index contributed by atoms with van der Waals surface area (Å²) in [5.74, 6) is -2.71. The number of fused-ring (bicyclic) bond motifs is 3. The fraction of sp³-hybridized carbons (Fsp3) is 0.0526. The van der Waals surface area contributed by atoms with E-state index in [1.165, 1.54) is 18.2 Å². The van der Waals surface area contributed by atoms with Gasteiger partial charge in [0.25, 0.3) is 0 Å². The predicted molar refractivity (Wildman–Crippen MR) is 95.8 cm³/mol. The molecular formula is C19H9BrF2N2O3. The van der Waals surface area contributed by atoms with E-state index >= 15 is 0 Å². The van der Waals surface area contributed by atoms with Crippen molar-refractivity contribution >= 4 is 26.9 Å². The second kappa shape index (κ2) is 6.21. The smallest absolute Gasteiger partial charge is 0.344 e. The molecule has 0 bridgehead atoms. The van der Waals surface area contributed by atoms with Gasteiger partial charge in [0.1, 0.15) is 28.9 Å². The summed E-state index contributed by atoms with van der Waals surface area (Å²) in [5, 5.41) is 9.68. The van der Waals surface area contributed by atoms with E-state index in [9.17, 15) is 18.8 Å². The Balaban J connectivity index is 2.11. The van der Waals surface area contributed by atoms with E-state index in [1.807, 2.05) is 6.07 Å². The van der Waals surface area contributed by atoms with Crippen LogP contribution in [0.15, 0.2) is 61.5 Å². The third-order valence-electron chi connectivity index (χ3n) is 4.30. The van der Waals surface area contributed by atoms with E-state index < -0.39 is 23.2 Å². The van der Waals surface area contributed by atoms with E-state index in [0.29, 0.717) is 4.47 Å². The molecule has 1 aliphatic heterocycles. The molecule has 4 rings (SSSR count). The lowest BCUT2D eigenvalue weighted by molar-refractivity contribution is 0.386. The summed E-state index contributed by atoms with van der Waals surface area (Å²) in [7, 11) is 0. The zero-order chi connectivity index (χ0) is 19.3. The van der Waals surface area contributed by atoms with Crippen molar-refractivity contribution in [1.82, 2.24) is 0 Å². The molecule has 0 amide bonds. The number of nitriles is 1. The Morgan fingerprint density at radius 2 is 1.96 bits per heavy atom. The average Bonchev–Trinajstić information content (AvgIpc) is 2.62. The van der Waals surface area contributed by atoms with Crippen LogP contribution in [0.4, 0.5) is 8.78 Å². The molecule has 2 heterocycles. The first-order chi connectivity index (χ1) is 12.9. The summed E-state index contributed by atoms with van der Waals surface area (Å²) in [6.45, 7) is 0. The summed E-state index contributed by atoms with van der Waals surface area (Å²) in [4.78, 5) is 12.6. The van der Waals surface area contributed by atoms with E-state index in [1.54, 1.807) is 6.07 Å². The van der Waals surface area contributed by atoms with Crippen LogP contribution in [0.3, 0.4) is 0 Å². The van der Waals surface area contributed by atoms with Gasteiger partial charge in [-0.25, -0.2) is 13.6 Å². The van der Waals surface area contributed by atoms with Crippen LogP contribution in [0.25, 0.3) is 11.0 Å². The number of benzene rings is 2. The molecule has 27 heavy (non-hydrogen) atoms. The van der Waals surface area contributed by atoms with E-state index in [2.05, 4.69) is 15.9 Å². The van der Waals surface area contributed by atoms with E-state index in [4.69, 9.17) is 14.9 Å². The zero-order valence-electron chi connectivity index (χ0n) is 13.4. The van der Waals surface area contributed by atoms with Gasteiger partial charge in [-0.1, -0.05) is 22.0 Å². The van der Waals surface area contributed by atoms with Gasteiger partial charge >= 0.3 is 5.63 Å². The van der Waals surface area contributed by atoms with Gasteiger partial charge < -0.3 is 14.9 Å². The number of nitrogens with two attached hydrogens (primary N) is 1. The molecule has 0 radical (unpaired) electrons. The van der Waals surface area contributed by atoms with Gasteiger partial charge in [0.05, 0.1) is 16.9 Å². The minimum absolute atomic E-state index is 0.0466. The fourth-order valence-corrected chi connectivity index (χ4v) is 3.47. The van der Waals surface area contributed by atoms with Crippen LogP contribution in [-0.2, 0) is 0 Å². The highest BCUT2D eigenvalue weighted by atomic mass is 79.9. The second-order valence-electron chi connectivity index (χ2n) is 5.86. The summed E-state index contributed by atoms with van der Waals surface area (Å²) in [6, 6.07) is 9.61. The van der Waals surface area contributed by atoms with Gasteiger partial charge in [-0.15, -0.1) is 0 Å². The first-order valence-electron chi connectivity index (χ1n) is 7.69. The number of hydrogen-bond donors (Lipinski definition) is 1. The molecule has 1 aromatic heterocycles. The molecule has 0 saturated carbocycles.